The van der Waals surface area contributed by atoms with Crippen LogP contribution in [0.25, 0.3) is 17.2 Å². The van der Waals surface area contributed by atoms with Gasteiger partial charge in [-0.2, -0.15) is 22.7 Å². The number of sulfonamides is 1. The predicted molar refractivity (Wildman–Crippen MR) is 196 cm³/mol. The number of aromatic hydroxyl groups is 1. The summed E-state index contributed by atoms with van der Waals surface area (Å²) < 4.78 is 68.8. The number of aliphatic hydroxyl groups is 1. The molecule has 2 aromatic carbocycles. The molecule has 21 heteroatoms. The summed E-state index contributed by atoms with van der Waals surface area (Å²) in [6, 6.07) is 7.57. The summed E-state index contributed by atoms with van der Waals surface area (Å²) in [5.41, 5.74) is 0.767. The van der Waals surface area contributed by atoms with Crippen molar-refractivity contribution in [1.82, 2.24) is 34.0 Å². The first-order valence-electron chi connectivity index (χ1n) is 17.0. The first-order valence-corrected chi connectivity index (χ1v) is 19.0. The fraction of sp³-hybridized carbons (Fsp3) is 0.353. The Bertz CT molecular complexity index is 2520. The number of benzene rings is 2. The zero-order valence-corrected chi connectivity index (χ0v) is 31.1. The predicted octanol–water partition coefficient (Wildman–Crippen LogP) is 3.27. The van der Waals surface area contributed by atoms with Crippen molar-refractivity contribution in [2.75, 3.05) is 47.7 Å². The standard InChI is InChI=1S/C34H34ClF3N10O6S/c1-4-24-28(45-9-11-46(12-10-45)31(51)27-29(50)18(2)39-17-40-27)32(52)48-33(42-30(43-48)19-5-8-25-20(13-19)16-55(53,54)44(25)3)47(24)15-26(49)41-23-7-6-21(14-22(23)35)34(36,37)38/h5-8,13-14,17,26,41,49-50H,4,9-12,15-16H2,1-3H3. The summed E-state index contributed by atoms with van der Waals surface area (Å²) in [7, 11) is -2.09. The minimum atomic E-state index is -4.63. The summed E-state index contributed by atoms with van der Waals surface area (Å²) >= 11 is 6.17. The van der Waals surface area contributed by atoms with Crippen LogP contribution < -0.4 is 20.1 Å². The van der Waals surface area contributed by atoms with E-state index in [1.165, 1.54) is 22.6 Å². The fourth-order valence-corrected chi connectivity index (χ4v) is 8.31. The van der Waals surface area contributed by atoms with E-state index in [-0.39, 0.29) is 90.0 Å². The number of nitrogens with zero attached hydrogens (tertiary/aromatic N) is 9. The van der Waals surface area contributed by atoms with Crippen LogP contribution in [0.2, 0.25) is 5.02 Å². The van der Waals surface area contributed by atoms with Crippen molar-refractivity contribution in [3.8, 4) is 17.1 Å². The molecule has 5 aromatic rings. The highest BCUT2D eigenvalue weighted by molar-refractivity contribution is 7.92. The lowest BCUT2D eigenvalue weighted by atomic mass is 10.1. The number of nitrogens with one attached hydrogen (secondary N) is 1. The average molecular weight is 803 g/mol. The molecule has 2 aliphatic rings. The molecule has 5 heterocycles. The van der Waals surface area contributed by atoms with E-state index in [0.717, 1.165) is 22.7 Å². The first-order chi connectivity index (χ1) is 26.0. The quantitative estimate of drug-likeness (QED) is 0.195. The maximum Gasteiger partial charge on any atom is 0.416 e. The zero-order valence-electron chi connectivity index (χ0n) is 29.5. The second-order valence-corrected chi connectivity index (χ2v) is 15.5. The Hall–Kier alpha value is -5.47. The highest BCUT2D eigenvalue weighted by Crippen LogP contribution is 2.36. The number of piperazine rings is 1. The monoisotopic (exact) mass is 802 g/mol. The molecule has 1 saturated heterocycles. The van der Waals surface area contributed by atoms with E-state index in [0.29, 0.717) is 22.5 Å². The van der Waals surface area contributed by atoms with Crippen LogP contribution in [-0.2, 0) is 34.9 Å². The van der Waals surface area contributed by atoms with E-state index in [1.807, 2.05) is 0 Å². The van der Waals surface area contributed by atoms with Gasteiger partial charge < -0.3 is 29.9 Å². The van der Waals surface area contributed by atoms with Crippen LogP contribution in [0.3, 0.4) is 0 Å². The minimum absolute atomic E-state index is 0.0310. The molecule has 0 bridgehead atoms. The Labute approximate surface area is 316 Å². The fourth-order valence-electron chi connectivity index (χ4n) is 6.78. The minimum Gasteiger partial charge on any atom is -0.504 e. The number of aliphatic hydroxyl groups excluding tert-OH is 1. The van der Waals surface area contributed by atoms with Gasteiger partial charge in [0, 0.05) is 44.5 Å². The van der Waals surface area contributed by atoms with E-state index in [4.69, 9.17) is 11.6 Å². The molecule has 7 rings (SSSR count). The molecule has 2 aliphatic heterocycles. The first kappa shape index (κ1) is 37.8. The normalized spacial score (nSPS) is 16.1. The molecular weight excluding hydrogens is 769 g/mol. The molecule has 1 amide bonds. The lowest BCUT2D eigenvalue weighted by Crippen LogP contribution is -2.51. The number of hydrogen-bond donors (Lipinski definition) is 3. The Morgan fingerprint density at radius 1 is 1.09 bits per heavy atom. The van der Waals surface area contributed by atoms with Crippen LogP contribution in [0.5, 0.6) is 5.75 Å². The number of halogens is 4. The number of aromatic nitrogens is 6. The topological polar surface area (TPSA) is 191 Å². The molecule has 0 radical (unpaired) electrons. The highest BCUT2D eigenvalue weighted by Gasteiger charge is 2.34. The third-order valence-electron chi connectivity index (χ3n) is 9.66. The number of anilines is 3. The number of alkyl halides is 3. The van der Waals surface area contributed by atoms with Crippen molar-refractivity contribution in [2.24, 2.45) is 0 Å². The van der Waals surface area contributed by atoms with Crippen molar-refractivity contribution in [1.29, 1.82) is 0 Å². The second-order valence-electron chi connectivity index (χ2n) is 13.1. The van der Waals surface area contributed by atoms with E-state index in [9.17, 15) is 41.4 Å². The number of rotatable bonds is 8. The number of amides is 1. The molecule has 1 fully saturated rings. The molecule has 55 heavy (non-hydrogen) atoms. The second kappa shape index (κ2) is 14.0. The summed E-state index contributed by atoms with van der Waals surface area (Å²) in [6.07, 6.45) is -4.64. The smallest absolute Gasteiger partial charge is 0.416 e. The van der Waals surface area contributed by atoms with Gasteiger partial charge >= 0.3 is 6.18 Å². The Kier molecular flexibility index (Phi) is 9.62. The number of aryl methyl sites for hydroxylation is 1. The van der Waals surface area contributed by atoms with Gasteiger partial charge in [0.25, 0.3) is 11.5 Å². The van der Waals surface area contributed by atoms with Gasteiger partial charge in [-0.05, 0) is 55.3 Å². The molecule has 1 unspecified atom stereocenters. The number of fused-ring (bicyclic) bond motifs is 2. The van der Waals surface area contributed by atoms with Crippen molar-refractivity contribution in [3.63, 3.8) is 0 Å². The lowest BCUT2D eigenvalue weighted by Gasteiger charge is -2.36. The van der Waals surface area contributed by atoms with Crippen molar-refractivity contribution in [2.45, 2.75) is 45.0 Å². The van der Waals surface area contributed by atoms with Gasteiger partial charge in [0.05, 0.1) is 40.0 Å². The van der Waals surface area contributed by atoms with Gasteiger partial charge in [0.1, 0.15) is 18.2 Å². The number of hydrogen-bond acceptors (Lipinski definition) is 12. The number of carbonyl (C=O) groups is 1. The largest absolute Gasteiger partial charge is 0.504 e. The van der Waals surface area contributed by atoms with Gasteiger partial charge in [-0.25, -0.2) is 18.4 Å². The van der Waals surface area contributed by atoms with Crippen LogP contribution in [0.15, 0.2) is 47.5 Å². The van der Waals surface area contributed by atoms with Crippen LogP contribution in [0, 0.1) is 6.92 Å². The number of carbonyl (C=O) groups excluding carboxylic acids is 1. The SMILES string of the molecule is CCc1c(N2CCN(C(=O)c3ncnc(C)c3O)CC2)c(=O)n2nc(-c3ccc4c(c3)CS(=O)(=O)N4C)nc2n1CC(O)Nc1ccc(C(F)(F)F)cc1Cl. The molecule has 0 aliphatic carbocycles. The molecule has 0 saturated carbocycles. The van der Waals surface area contributed by atoms with E-state index >= 15 is 0 Å². The van der Waals surface area contributed by atoms with Crippen LogP contribution >= 0.6 is 11.6 Å². The zero-order chi connectivity index (χ0) is 39.6. The van der Waals surface area contributed by atoms with Crippen LogP contribution in [0.1, 0.15) is 39.9 Å². The molecule has 1 atom stereocenters. The molecule has 0 spiro atoms. The van der Waals surface area contributed by atoms with Crippen molar-refractivity contribution in [3.05, 3.63) is 86.3 Å². The summed E-state index contributed by atoms with van der Waals surface area (Å²) in [4.78, 5) is 43.5. The third kappa shape index (κ3) is 6.89. The van der Waals surface area contributed by atoms with E-state index in [2.05, 4.69) is 25.4 Å². The van der Waals surface area contributed by atoms with Gasteiger partial charge in [0.15, 0.2) is 17.3 Å². The third-order valence-corrected chi connectivity index (χ3v) is 11.7. The van der Waals surface area contributed by atoms with Gasteiger partial charge in [-0.1, -0.05) is 18.5 Å². The average Bonchev–Trinajstić information content (AvgIpc) is 3.69. The maximum atomic E-state index is 14.4. The van der Waals surface area contributed by atoms with Crippen LogP contribution in [0.4, 0.5) is 30.2 Å². The van der Waals surface area contributed by atoms with E-state index < -0.39 is 39.5 Å². The van der Waals surface area contributed by atoms with Gasteiger partial charge in [-0.15, -0.1) is 5.10 Å². The van der Waals surface area contributed by atoms with Crippen molar-refractivity contribution < 1.29 is 36.6 Å². The molecule has 290 valence electrons. The van der Waals surface area contributed by atoms with Crippen LogP contribution in [-0.4, -0.2) is 98.0 Å². The Morgan fingerprint density at radius 2 is 1.82 bits per heavy atom. The van der Waals surface area contributed by atoms with Gasteiger partial charge in [-0.3, -0.25) is 13.9 Å². The summed E-state index contributed by atoms with van der Waals surface area (Å²) in [6.45, 7) is 3.79. The summed E-state index contributed by atoms with van der Waals surface area (Å²) in [5.74, 6) is -0.916. The maximum absolute atomic E-state index is 14.4. The van der Waals surface area contributed by atoms with Gasteiger partial charge in [0.2, 0.25) is 15.8 Å². The molecular formula is C34H34ClF3N10O6S. The van der Waals surface area contributed by atoms with E-state index in [1.54, 1.807) is 41.5 Å². The Balaban J connectivity index is 1.27. The highest BCUT2D eigenvalue weighted by atomic mass is 35.5. The Morgan fingerprint density at radius 3 is 2.49 bits per heavy atom. The summed E-state index contributed by atoms with van der Waals surface area (Å²) in [5, 5.41) is 28.7. The molecule has 3 aromatic heterocycles. The van der Waals surface area contributed by atoms with Crippen molar-refractivity contribution >= 4 is 50.4 Å². The lowest BCUT2D eigenvalue weighted by molar-refractivity contribution is -0.137. The molecule has 3 N–H and O–H groups in total. The molecule has 16 nitrogen and oxygen atoms in total.